The number of nitrogens with zero attached hydrogens (tertiary/aromatic N) is 1. The second-order valence-corrected chi connectivity index (χ2v) is 7.79. The minimum absolute atomic E-state index is 0.172. The van der Waals surface area contributed by atoms with Crippen LogP contribution >= 0.6 is 22.9 Å². The van der Waals surface area contributed by atoms with Crippen molar-refractivity contribution in [2.45, 2.75) is 26.9 Å². The van der Waals surface area contributed by atoms with Gasteiger partial charge < -0.3 is 9.73 Å². The van der Waals surface area contributed by atoms with Gasteiger partial charge in [0.15, 0.2) is 0 Å². The first-order chi connectivity index (χ1) is 12.4. The van der Waals surface area contributed by atoms with Crippen LogP contribution in [0.1, 0.15) is 24.3 Å². The number of rotatable bonds is 6. The van der Waals surface area contributed by atoms with Gasteiger partial charge in [-0.15, -0.1) is 11.3 Å². The highest BCUT2D eigenvalue weighted by Gasteiger charge is 2.12. The first-order valence-electron chi connectivity index (χ1n) is 8.25. The number of carbonyl (C=O) groups excluding carboxylic acids is 1. The van der Waals surface area contributed by atoms with Crippen molar-refractivity contribution in [3.05, 3.63) is 61.6 Å². The van der Waals surface area contributed by atoms with Crippen LogP contribution in [0, 0.1) is 0 Å². The molecule has 0 aliphatic rings. The lowest BCUT2D eigenvalue weighted by Gasteiger charge is -2.20. The molecule has 0 unspecified atom stereocenters. The summed E-state index contributed by atoms with van der Waals surface area (Å²) in [7, 11) is 0. The zero-order valence-electron chi connectivity index (χ0n) is 14.5. The molecule has 0 aliphatic heterocycles. The molecule has 0 bridgehead atoms. The van der Waals surface area contributed by atoms with Crippen LogP contribution in [0.15, 0.2) is 45.6 Å². The Morgan fingerprint density at radius 1 is 1.23 bits per heavy atom. The van der Waals surface area contributed by atoms with E-state index < -0.39 is 5.63 Å². The van der Waals surface area contributed by atoms with E-state index in [1.165, 1.54) is 17.9 Å². The van der Waals surface area contributed by atoms with Crippen LogP contribution in [0.3, 0.4) is 0 Å². The number of amides is 1. The SMILES string of the molecule is CCN(Cc1ccc(Cl)s1)Cc1cc(=O)oc2cc(NC(C)=O)ccc12. The molecule has 7 heteroatoms. The maximum absolute atomic E-state index is 12.0. The Labute approximate surface area is 160 Å². The Kier molecular flexibility index (Phi) is 5.76. The van der Waals surface area contributed by atoms with Crippen LogP contribution in [0.2, 0.25) is 4.34 Å². The smallest absolute Gasteiger partial charge is 0.336 e. The van der Waals surface area contributed by atoms with E-state index in [2.05, 4.69) is 17.1 Å². The predicted molar refractivity (Wildman–Crippen MR) is 106 cm³/mol. The largest absolute Gasteiger partial charge is 0.423 e. The summed E-state index contributed by atoms with van der Waals surface area (Å²) < 4.78 is 6.09. The molecule has 136 valence electrons. The summed E-state index contributed by atoms with van der Waals surface area (Å²) in [5.41, 5.74) is 1.57. The average molecular weight is 391 g/mol. The van der Waals surface area contributed by atoms with Gasteiger partial charge in [0, 0.05) is 48.1 Å². The van der Waals surface area contributed by atoms with Crippen LogP contribution in [-0.2, 0) is 17.9 Å². The summed E-state index contributed by atoms with van der Waals surface area (Å²) in [6, 6.07) is 10.8. The molecular weight excluding hydrogens is 372 g/mol. The summed E-state index contributed by atoms with van der Waals surface area (Å²) in [6.45, 7) is 5.73. The Morgan fingerprint density at radius 3 is 2.69 bits per heavy atom. The fourth-order valence-electron chi connectivity index (χ4n) is 2.82. The van der Waals surface area contributed by atoms with Crippen molar-refractivity contribution < 1.29 is 9.21 Å². The Hall–Kier alpha value is -2.15. The van der Waals surface area contributed by atoms with Crippen LogP contribution in [0.25, 0.3) is 11.0 Å². The van der Waals surface area contributed by atoms with E-state index >= 15 is 0 Å². The number of anilines is 1. The van der Waals surface area contributed by atoms with E-state index in [1.807, 2.05) is 24.3 Å². The van der Waals surface area contributed by atoms with E-state index in [4.69, 9.17) is 16.0 Å². The zero-order chi connectivity index (χ0) is 18.7. The summed E-state index contributed by atoms with van der Waals surface area (Å²) >= 11 is 7.57. The highest BCUT2D eigenvalue weighted by atomic mass is 35.5. The molecule has 0 atom stereocenters. The first-order valence-corrected chi connectivity index (χ1v) is 9.45. The summed E-state index contributed by atoms with van der Waals surface area (Å²) in [6.07, 6.45) is 0. The topological polar surface area (TPSA) is 62.6 Å². The molecule has 5 nitrogen and oxygen atoms in total. The third kappa shape index (κ3) is 4.52. The highest BCUT2D eigenvalue weighted by Crippen LogP contribution is 2.25. The molecule has 0 saturated heterocycles. The number of benzene rings is 1. The number of halogens is 1. The van der Waals surface area contributed by atoms with Crippen molar-refractivity contribution in [3.63, 3.8) is 0 Å². The summed E-state index contributed by atoms with van der Waals surface area (Å²) in [5.74, 6) is -0.172. The summed E-state index contributed by atoms with van der Waals surface area (Å²) in [4.78, 5) is 26.6. The van der Waals surface area contributed by atoms with Crippen molar-refractivity contribution in [1.29, 1.82) is 0 Å². The second-order valence-electron chi connectivity index (χ2n) is 5.99. The highest BCUT2D eigenvalue weighted by molar-refractivity contribution is 7.16. The maximum atomic E-state index is 12.0. The summed E-state index contributed by atoms with van der Waals surface area (Å²) in [5, 5.41) is 3.56. The fraction of sp³-hybridized carbons (Fsp3) is 0.263. The van der Waals surface area contributed by atoms with E-state index in [0.29, 0.717) is 17.8 Å². The lowest BCUT2D eigenvalue weighted by Crippen LogP contribution is -2.22. The Balaban J connectivity index is 1.90. The van der Waals surface area contributed by atoms with Crippen molar-refractivity contribution in [2.24, 2.45) is 0 Å². The molecule has 1 aromatic carbocycles. The molecule has 0 radical (unpaired) electrons. The van der Waals surface area contributed by atoms with Gasteiger partial charge in [-0.2, -0.15) is 0 Å². The van der Waals surface area contributed by atoms with Gasteiger partial charge in [-0.05, 0) is 36.4 Å². The molecule has 1 amide bonds. The van der Waals surface area contributed by atoms with Crippen LogP contribution in [0.5, 0.6) is 0 Å². The van der Waals surface area contributed by atoms with Crippen molar-refractivity contribution in [1.82, 2.24) is 4.90 Å². The minimum atomic E-state index is -0.400. The van der Waals surface area contributed by atoms with E-state index in [1.54, 1.807) is 17.4 Å². The molecule has 0 fully saturated rings. The molecule has 3 rings (SSSR count). The normalized spacial score (nSPS) is 11.2. The number of carbonyl (C=O) groups is 1. The monoisotopic (exact) mass is 390 g/mol. The molecule has 2 heterocycles. The van der Waals surface area contributed by atoms with Gasteiger partial charge in [0.1, 0.15) is 5.58 Å². The molecule has 0 spiro atoms. The number of hydrogen-bond acceptors (Lipinski definition) is 5. The van der Waals surface area contributed by atoms with Crippen LogP contribution in [0.4, 0.5) is 5.69 Å². The van der Waals surface area contributed by atoms with Gasteiger partial charge in [-0.3, -0.25) is 9.69 Å². The molecule has 0 aliphatic carbocycles. The van der Waals surface area contributed by atoms with Crippen molar-refractivity contribution in [2.75, 3.05) is 11.9 Å². The standard InChI is InChI=1S/C19H19ClN2O3S/c1-3-22(11-15-5-7-18(20)26-15)10-13-8-19(24)25-17-9-14(21-12(2)23)4-6-16(13)17/h4-9H,3,10-11H2,1-2H3,(H,21,23). The van der Waals surface area contributed by atoms with Gasteiger partial charge in [-0.25, -0.2) is 4.79 Å². The zero-order valence-corrected chi connectivity index (χ0v) is 16.1. The lowest BCUT2D eigenvalue weighted by atomic mass is 10.1. The minimum Gasteiger partial charge on any atom is -0.423 e. The molecule has 0 saturated carbocycles. The Morgan fingerprint density at radius 2 is 2.04 bits per heavy atom. The first kappa shape index (κ1) is 18.6. The fourth-order valence-corrected chi connectivity index (χ4v) is 3.95. The third-order valence-corrected chi connectivity index (χ3v) is 5.22. The number of nitrogens with one attached hydrogen (secondary N) is 1. The molecular formula is C19H19ClN2O3S. The number of fused-ring (bicyclic) bond motifs is 1. The molecule has 26 heavy (non-hydrogen) atoms. The van der Waals surface area contributed by atoms with E-state index in [0.717, 1.165) is 28.4 Å². The quantitative estimate of drug-likeness (QED) is 0.630. The molecule has 3 aromatic rings. The van der Waals surface area contributed by atoms with E-state index in [9.17, 15) is 9.59 Å². The van der Waals surface area contributed by atoms with Gasteiger partial charge >= 0.3 is 5.63 Å². The van der Waals surface area contributed by atoms with Gasteiger partial charge in [0.05, 0.1) is 4.34 Å². The number of thiophene rings is 1. The second kappa shape index (κ2) is 8.03. The van der Waals surface area contributed by atoms with E-state index in [-0.39, 0.29) is 5.91 Å². The molecule has 2 aromatic heterocycles. The maximum Gasteiger partial charge on any atom is 0.336 e. The van der Waals surface area contributed by atoms with Crippen LogP contribution in [-0.4, -0.2) is 17.4 Å². The van der Waals surface area contributed by atoms with Crippen LogP contribution < -0.4 is 10.9 Å². The molecule has 1 N–H and O–H groups in total. The van der Waals surface area contributed by atoms with Gasteiger partial charge in [-0.1, -0.05) is 18.5 Å². The predicted octanol–water partition coefficient (Wildman–Crippen LogP) is 4.49. The lowest BCUT2D eigenvalue weighted by molar-refractivity contribution is -0.114. The van der Waals surface area contributed by atoms with Gasteiger partial charge in [0.25, 0.3) is 0 Å². The number of hydrogen-bond donors (Lipinski definition) is 1. The average Bonchev–Trinajstić information content (AvgIpc) is 2.98. The third-order valence-electron chi connectivity index (χ3n) is 4.00. The van der Waals surface area contributed by atoms with Crippen molar-refractivity contribution >= 4 is 45.5 Å². The van der Waals surface area contributed by atoms with Gasteiger partial charge in [0.2, 0.25) is 5.91 Å². The Bertz CT molecular complexity index is 996. The van der Waals surface area contributed by atoms with Crippen molar-refractivity contribution in [3.8, 4) is 0 Å².